The van der Waals surface area contributed by atoms with Gasteiger partial charge in [0.2, 0.25) is 0 Å². The summed E-state index contributed by atoms with van der Waals surface area (Å²) in [6.07, 6.45) is 6.28. The molecular formula is C8H10N4S. The summed E-state index contributed by atoms with van der Waals surface area (Å²) in [6, 6.07) is 0. The number of aromatic amines is 1. The Balaban J connectivity index is 1.76. The molecule has 0 amide bonds. The molecule has 68 valence electrons. The van der Waals surface area contributed by atoms with Crippen LogP contribution in [0.5, 0.6) is 0 Å². The van der Waals surface area contributed by atoms with E-state index in [1.165, 1.54) is 0 Å². The van der Waals surface area contributed by atoms with Gasteiger partial charge < -0.3 is 10.3 Å². The van der Waals surface area contributed by atoms with E-state index < -0.39 is 0 Å². The molecule has 2 aromatic rings. The molecule has 0 aliphatic rings. The first-order valence-electron chi connectivity index (χ1n) is 4.07. The van der Waals surface area contributed by atoms with Crippen molar-refractivity contribution < 1.29 is 0 Å². The van der Waals surface area contributed by atoms with Crippen LogP contribution < -0.4 is 5.32 Å². The molecule has 0 aromatic carbocycles. The number of imidazole rings is 1. The Morgan fingerprint density at radius 1 is 1.38 bits per heavy atom. The average molecular weight is 194 g/mol. The molecule has 0 saturated carbocycles. The molecule has 2 aromatic heterocycles. The van der Waals surface area contributed by atoms with Gasteiger partial charge >= 0.3 is 0 Å². The Morgan fingerprint density at radius 3 is 3.08 bits per heavy atom. The summed E-state index contributed by atoms with van der Waals surface area (Å²) < 4.78 is 0. The first-order chi connectivity index (χ1) is 6.45. The lowest BCUT2D eigenvalue weighted by molar-refractivity contribution is 0.926. The fourth-order valence-electron chi connectivity index (χ4n) is 1.03. The Bertz CT molecular complexity index is 293. The number of hydrogen-bond donors (Lipinski definition) is 2. The smallest absolute Gasteiger partial charge is 0.182 e. The molecule has 0 spiro atoms. The van der Waals surface area contributed by atoms with Gasteiger partial charge in [-0.05, 0) is 0 Å². The van der Waals surface area contributed by atoms with E-state index in [-0.39, 0.29) is 0 Å². The predicted molar refractivity (Wildman–Crippen MR) is 52.9 cm³/mol. The number of rotatable bonds is 4. The third-order valence-electron chi connectivity index (χ3n) is 1.63. The summed E-state index contributed by atoms with van der Waals surface area (Å²) in [5.74, 6) is 1.00. The fraction of sp³-hybridized carbons (Fsp3) is 0.250. The SMILES string of the molecule is c1c[nH]c(CCNc2nccs2)n1. The lowest BCUT2D eigenvalue weighted by Gasteiger charge is -1.99. The monoisotopic (exact) mass is 194 g/mol. The zero-order chi connectivity index (χ0) is 8.93. The van der Waals surface area contributed by atoms with Crippen LogP contribution in [0.4, 0.5) is 5.13 Å². The van der Waals surface area contributed by atoms with Gasteiger partial charge in [0.25, 0.3) is 0 Å². The second-order valence-electron chi connectivity index (χ2n) is 2.55. The predicted octanol–water partition coefficient (Wildman–Crippen LogP) is 1.52. The van der Waals surface area contributed by atoms with Crippen molar-refractivity contribution in [2.24, 2.45) is 0 Å². The molecule has 2 rings (SSSR count). The summed E-state index contributed by atoms with van der Waals surface area (Å²) >= 11 is 1.61. The highest BCUT2D eigenvalue weighted by atomic mass is 32.1. The van der Waals surface area contributed by atoms with E-state index in [1.54, 1.807) is 23.7 Å². The highest BCUT2D eigenvalue weighted by Crippen LogP contribution is 2.09. The molecule has 0 aliphatic carbocycles. The lowest BCUT2D eigenvalue weighted by Crippen LogP contribution is -2.05. The lowest BCUT2D eigenvalue weighted by atomic mass is 10.4. The minimum absolute atomic E-state index is 0.862. The van der Waals surface area contributed by atoms with Gasteiger partial charge in [-0.25, -0.2) is 9.97 Å². The molecule has 2 N–H and O–H groups in total. The van der Waals surface area contributed by atoms with Crippen molar-refractivity contribution in [3.8, 4) is 0 Å². The molecule has 0 saturated heterocycles. The number of nitrogens with one attached hydrogen (secondary N) is 2. The van der Waals surface area contributed by atoms with Gasteiger partial charge in [0.15, 0.2) is 5.13 Å². The molecule has 2 heterocycles. The van der Waals surface area contributed by atoms with E-state index in [1.807, 2.05) is 11.6 Å². The number of aromatic nitrogens is 3. The molecule has 0 radical (unpaired) electrons. The quantitative estimate of drug-likeness (QED) is 0.776. The van der Waals surface area contributed by atoms with Gasteiger partial charge in [0.05, 0.1) is 0 Å². The third-order valence-corrected chi connectivity index (χ3v) is 2.36. The minimum atomic E-state index is 0.862. The maximum absolute atomic E-state index is 4.12. The second kappa shape index (κ2) is 4.04. The van der Waals surface area contributed by atoms with Crippen LogP contribution >= 0.6 is 11.3 Å². The van der Waals surface area contributed by atoms with Crippen molar-refractivity contribution >= 4 is 16.5 Å². The number of thiazole rings is 1. The average Bonchev–Trinajstić information content (AvgIpc) is 2.75. The normalized spacial score (nSPS) is 10.2. The van der Waals surface area contributed by atoms with Gasteiger partial charge in [-0.3, -0.25) is 0 Å². The van der Waals surface area contributed by atoms with E-state index >= 15 is 0 Å². The van der Waals surface area contributed by atoms with Crippen molar-refractivity contribution in [2.75, 3.05) is 11.9 Å². The van der Waals surface area contributed by atoms with Crippen LogP contribution in [-0.2, 0) is 6.42 Å². The number of nitrogens with zero attached hydrogens (tertiary/aromatic N) is 2. The first kappa shape index (κ1) is 8.25. The zero-order valence-corrected chi connectivity index (χ0v) is 7.84. The molecule has 0 unspecified atom stereocenters. The van der Waals surface area contributed by atoms with Crippen LogP contribution in [0.1, 0.15) is 5.82 Å². The maximum Gasteiger partial charge on any atom is 0.182 e. The Hall–Kier alpha value is -1.36. The first-order valence-corrected chi connectivity index (χ1v) is 4.95. The molecule has 5 heteroatoms. The van der Waals surface area contributed by atoms with Gasteiger partial charge in [-0.2, -0.15) is 0 Å². The highest BCUT2D eigenvalue weighted by Gasteiger charge is 1.95. The Morgan fingerprint density at radius 2 is 2.38 bits per heavy atom. The molecule has 0 fully saturated rings. The maximum atomic E-state index is 4.12. The summed E-state index contributed by atoms with van der Waals surface area (Å²) in [7, 11) is 0. The van der Waals surface area contributed by atoms with E-state index in [0.29, 0.717) is 0 Å². The van der Waals surface area contributed by atoms with Crippen LogP contribution in [0, 0.1) is 0 Å². The largest absolute Gasteiger partial charge is 0.361 e. The molecular weight excluding hydrogens is 184 g/mol. The molecule has 0 bridgehead atoms. The standard InChI is InChI=1S/C8H10N4S/c1(7-9-3-4-10-7)2-11-8-12-5-6-13-8/h3-6H,1-2H2,(H,9,10)(H,11,12). The second-order valence-corrected chi connectivity index (χ2v) is 3.44. The molecule has 0 atom stereocenters. The van der Waals surface area contributed by atoms with E-state index in [0.717, 1.165) is 23.9 Å². The van der Waals surface area contributed by atoms with Crippen LogP contribution in [-0.4, -0.2) is 21.5 Å². The van der Waals surface area contributed by atoms with Crippen molar-refractivity contribution in [3.63, 3.8) is 0 Å². The van der Waals surface area contributed by atoms with Gasteiger partial charge in [0, 0.05) is 36.9 Å². The van der Waals surface area contributed by atoms with Gasteiger partial charge in [-0.1, -0.05) is 0 Å². The van der Waals surface area contributed by atoms with Gasteiger partial charge in [0.1, 0.15) is 5.82 Å². The van der Waals surface area contributed by atoms with Crippen LogP contribution in [0.2, 0.25) is 0 Å². The van der Waals surface area contributed by atoms with Crippen molar-refractivity contribution in [2.45, 2.75) is 6.42 Å². The summed E-state index contributed by atoms with van der Waals surface area (Å²) in [5.41, 5.74) is 0. The van der Waals surface area contributed by atoms with Crippen LogP contribution in [0.15, 0.2) is 24.0 Å². The summed E-state index contributed by atoms with van der Waals surface area (Å²) in [4.78, 5) is 11.3. The summed E-state index contributed by atoms with van der Waals surface area (Å²) in [5, 5.41) is 6.13. The third kappa shape index (κ3) is 2.29. The van der Waals surface area contributed by atoms with Crippen LogP contribution in [0.25, 0.3) is 0 Å². The Labute approximate surface area is 80.1 Å². The number of hydrogen-bond acceptors (Lipinski definition) is 4. The van der Waals surface area contributed by atoms with E-state index in [2.05, 4.69) is 20.3 Å². The van der Waals surface area contributed by atoms with Crippen molar-refractivity contribution in [3.05, 3.63) is 29.8 Å². The zero-order valence-electron chi connectivity index (χ0n) is 7.03. The highest BCUT2D eigenvalue weighted by molar-refractivity contribution is 7.13. The van der Waals surface area contributed by atoms with E-state index in [9.17, 15) is 0 Å². The van der Waals surface area contributed by atoms with Crippen molar-refractivity contribution in [1.29, 1.82) is 0 Å². The van der Waals surface area contributed by atoms with E-state index in [4.69, 9.17) is 0 Å². The Kier molecular flexibility index (Phi) is 2.56. The van der Waals surface area contributed by atoms with Crippen molar-refractivity contribution in [1.82, 2.24) is 15.0 Å². The molecule has 4 nitrogen and oxygen atoms in total. The number of anilines is 1. The van der Waals surface area contributed by atoms with Crippen LogP contribution in [0.3, 0.4) is 0 Å². The molecule has 13 heavy (non-hydrogen) atoms. The molecule has 0 aliphatic heterocycles. The summed E-state index contributed by atoms with van der Waals surface area (Å²) in [6.45, 7) is 0.862. The van der Waals surface area contributed by atoms with Gasteiger partial charge in [-0.15, -0.1) is 11.3 Å². The minimum Gasteiger partial charge on any atom is -0.361 e. The fourth-order valence-corrected chi connectivity index (χ4v) is 1.59. The number of H-pyrrole nitrogens is 1. The topological polar surface area (TPSA) is 53.6 Å².